The van der Waals surface area contributed by atoms with E-state index in [2.05, 4.69) is 30.9 Å². The van der Waals surface area contributed by atoms with E-state index in [0.29, 0.717) is 48.5 Å². The number of aryl methyl sites for hydroxylation is 2. The molecule has 2 aliphatic rings. The van der Waals surface area contributed by atoms with Gasteiger partial charge in [0.1, 0.15) is 11.6 Å². The minimum atomic E-state index is -0.545. The van der Waals surface area contributed by atoms with Crippen LogP contribution in [0.5, 0.6) is 0 Å². The molecular formula is C26H24F2N8O2. The van der Waals surface area contributed by atoms with Crippen molar-refractivity contribution in [3.8, 4) is 11.1 Å². The maximum absolute atomic E-state index is 15.1. The Morgan fingerprint density at radius 1 is 0.737 bits per heavy atom. The predicted molar refractivity (Wildman–Crippen MR) is 133 cm³/mol. The Labute approximate surface area is 216 Å². The summed E-state index contributed by atoms with van der Waals surface area (Å²) in [5.74, 6) is -1.09. The van der Waals surface area contributed by atoms with Gasteiger partial charge in [-0.1, -0.05) is 45.0 Å². The summed E-state index contributed by atoms with van der Waals surface area (Å²) < 4.78 is 33.7. The van der Waals surface area contributed by atoms with Crippen LogP contribution in [0.1, 0.15) is 35.4 Å². The number of benzene rings is 2. The number of oxime groups is 2. The van der Waals surface area contributed by atoms with E-state index in [9.17, 15) is 0 Å². The first-order chi connectivity index (χ1) is 18.4. The van der Waals surface area contributed by atoms with Crippen molar-refractivity contribution >= 4 is 11.4 Å². The van der Waals surface area contributed by atoms with Crippen LogP contribution in [0.4, 0.5) is 8.78 Å². The van der Waals surface area contributed by atoms with Crippen molar-refractivity contribution in [1.29, 1.82) is 0 Å². The summed E-state index contributed by atoms with van der Waals surface area (Å²) in [4.78, 5) is 11.0. The molecule has 4 heterocycles. The van der Waals surface area contributed by atoms with Gasteiger partial charge in [-0.15, -0.1) is 10.2 Å². The zero-order valence-corrected chi connectivity index (χ0v) is 20.8. The smallest absolute Gasteiger partial charge is 0.152 e. The summed E-state index contributed by atoms with van der Waals surface area (Å²) in [5.41, 5.74) is 4.39. The molecule has 0 saturated heterocycles. The fraction of sp³-hybridized carbons (Fsp3) is 0.308. The summed E-state index contributed by atoms with van der Waals surface area (Å²) in [6.07, 6.45) is 4.20. The number of rotatable bonds is 7. The highest BCUT2D eigenvalue weighted by Gasteiger charge is 2.26. The van der Waals surface area contributed by atoms with Crippen LogP contribution in [0.25, 0.3) is 11.1 Å². The van der Waals surface area contributed by atoms with Gasteiger partial charge in [0.15, 0.2) is 12.2 Å². The molecular weight excluding hydrogens is 494 g/mol. The first-order valence-electron chi connectivity index (χ1n) is 12.2. The molecule has 0 amide bonds. The SMILES string of the molecule is Cc1cn(CC2CC(c3ccc(-c4ccc(C5=NOC(Cn6cc(C)nn6)C5)cc4F)c(F)c3)=NO2)nn1. The molecule has 38 heavy (non-hydrogen) atoms. The van der Waals surface area contributed by atoms with Crippen LogP contribution >= 0.6 is 0 Å². The van der Waals surface area contributed by atoms with Crippen LogP contribution in [0.15, 0.2) is 59.1 Å². The van der Waals surface area contributed by atoms with E-state index in [1.165, 1.54) is 12.1 Å². The Morgan fingerprint density at radius 2 is 1.18 bits per heavy atom. The van der Waals surface area contributed by atoms with Crippen molar-refractivity contribution in [3.63, 3.8) is 0 Å². The number of halogens is 2. The number of hydrogen-bond donors (Lipinski definition) is 0. The zero-order chi connectivity index (χ0) is 26.2. The molecule has 10 nitrogen and oxygen atoms in total. The van der Waals surface area contributed by atoms with Crippen LogP contribution < -0.4 is 0 Å². The van der Waals surface area contributed by atoms with Crippen molar-refractivity contribution in [3.05, 3.63) is 82.9 Å². The molecule has 0 aliphatic carbocycles. The van der Waals surface area contributed by atoms with Crippen molar-refractivity contribution in [2.45, 2.75) is 52.0 Å². The third kappa shape index (κ3) is 4.89. The first kappa shape index (κ1) is 23.9. The Hall–Kier alpha value is -4.48. The lowest BCUT2D eigenvalue weighted by Crippen LogP contribution is -2.17. The second-order valence-electron chi connectivity index (χ2n) is 9.49. The molecule has 0 bridgehead atoms. The molecule has 12 heteroatoms. The van der Waals surface area contributed by atoms with Crippen LogP contribution in [0.3, 0.4) is 0 Å². The van der Waals surface area contributed by atoms with Gasteiger partial charge < -0.3 is 9.68 Å². The molecule has 2 atom stereocenters. The van der Waals surface area contributed by atoms with E-state index in [-0.39, 0.29) is 23.3 Å². The molecule has 2 aromatic heterocycles. The van der Waals surface area contributed by atoms with E-state index in [4.69, 9.17) is 9.68 Å². The van der Waals surface area contributed by atoms with Gasteiger partial charge in [-0.05, 0) is 26.0 Å². The number of nitrogens with zero attached hydrogens (tertiary/aromatic N) is 8. The topological polar surface area (TPSA) is 105 Å². The van der Waals surface area contributed by atoms with Crippen molar-refractivity contribution in [1.82, 2.24) is 30.0 Å². The van der Waals surface area contributed by atoms with Gasteiger partial charge in [0.25, 0.3) is 0 Å². The van der Waals surface area contributed by atoms with E-state index in [1.807, 2.05) is 26.2 Å². The minimum absolute atomic E-state index is 0.163. The van der Waals surface area contributed by atoms with Crippen molar-refractivity contribution < 1.29 is 18.5 Å². The third-order valence-electron chi connectivity index (χ3n) is 6.45. The Morgan fingerprint density at radius 3 is 1.55 bits per heavy atom. The second-order valence-corrected chi connectivity index (χ2v) is 9.49. The lowest BCUT2D eigenvalue weighted by Gasteiger charge is -2.10. The number of hydrogen-bond acceptors (Lipinski definition) is 8. The molecule has 6 rings (SSSR count). The monoisotopic (exact) mass is 518 g/mol. The normalized spacial score (nSPS) is 18.7. The highest BCUT2D eigenvalue weighted by Crippen LogP contribution is 2.30. The molecule has 0 spiro atoms. The standard InChI is InChI=1S/C26H24F2N8O2/c1-15-11-35(33-29-15)13-19-9-25(31-37-19)17-3-5-21(23(27)7-17)22-6-4-18(8-24(22)28)26-10-20(38-32-26)14-36-12-16(2)30-34-36/h3-8,11-12,19-20H,9-10,13-14H2,1-2H3. The number of aromatic nitrogens is 6. The van der Waals surface area contributed by atoms with Crippen LogP contribution in [-0.4, -0.2) is 53.6 Å². The summed E-state index contributed by atoms with van der Waals surface area (Å²) in [6.45, 7) is 4.70. The van der Waals surface area contributed by atoms with Crippen LogP contribution in [0, 0.1) is 25.5 Å². The third-order valence-corrected chi connectivity index (χ3v) is 6.45. The Balaban J connectivity index is 1.12. The van der Waals surface area contributed by atoms with Gasteiger partial charge in [0.2, 0.25) is 0 Å². The van der Waals surface area contributed by atoms with Gasteiger partial charge in [-0.3, -0.25) is 0 Å². The lowest BCUT2D eigenvalue weighted by atomic mass is 9.97. The summed E-state index contributed by atoms with van der Waals surface area (Å²) >= 11 is 0. The summed E-state index contributed by atoms with van der Waals surface area (Å²) in [5, 5.41) is 24.2. The molecule has 0 radical (unpaired) electrons. The molecule has 0 N–H and O–H groups in total. The van der Waals surface area contributed by atoms with Gasteiger partial charge in [0, 0.05) is 47.5 Å². The van der Waals surface area contributed by atoms with Gasteiger partial charge in [0.05, 0.1) is 35.9 Å². The van der Waals surface area contributed by atoms with Crippen LogP contribution in [0.2, 0.25) is 0 Å². The van der Waals surface area contributed by atoms with E-state index in [1.54, 1.807) is 33.6 Å². The summed E-state index contributed by atoms with van der Waals surface area (Å²) in [6, 6.07) is 9.29. The summed E-state index contributed by atoms with van der Waals surface area (Å²) in [7, 11) is 0. The fourth-order valence-corrected chi connectivity index (χ4v) is 4.61. The van der Waals surface area contributed by atoms with Crippen molar-refractivity contribution in [2.24, 2.45) is 10.3 Å². The molecule has 4 aromatic rings. The molecule has 2 unspecified atom stereocenters. The molecule has 0 fully saturated rings. The Kier molecular flexibility index (Phi) is 6.14. The lowest BCUT2D eigenvalue weighted by molar-refractivity contribution is 0.0692. The van der Waals surface area contributed by atoms with E-state index >= 15 is 8.78 Å². The van der Waals surface area contributed by atoms with Gasteiger partial charge in [-0.25, -0.2) is 18.1 Å². The fourth-order valence-electron chi connectivity index (χ4n) is 4.61. The largest absolute Gasteiger partial charge is 0.390 e. The van der Waals surface area contributed by atoms with E-state index < -0.39 is 11.6 Å². The van der Waals surface area contributed by atoms with Crippen molar-refractivity contribution in [2.75, 3.05) is 0 Å². The second kappa shape index (κ2) is 9.77. The molecule has 194 valence electrons. The van der Waals surface area contributed by atoms with E-state index in [0.717, 1.165) is 11.4 Å². The van der Waals surface area contributed by atoms with Gasteiger partial charge >= 0.3 is 0 Å². The minimum Gasteiger partial charge on any atom is -0.390 e. The highest BCUT2D eigenvalue weighted by molar-refractivity contribution is 6.02. The zero-order valence-electron chi connectivity index (χ0n) is 20.8. The highest BCUT2D eigenvalue weighted by atomic mass is 19.1. The molecule has 0 saturated carbocycles. The van der Waals surface area contributed by atoms with Gasteiger partial charge in [-0.2, -0.15) is 0 Å². The maximum atomic E-state index is 15.1. The quantitative estimate of drug-likeness (QED) is 0.368. The average molecular weight is 519 g/mol. The maximum Gasteiger partial charge on any atom is 0.152 e. The van der Waals surface area contributed by atoms with Crippen LogP contribution in [-0.2, 0) is 22.8 Å². The average Bonchev–Trinajstić information content (AvgIpc) is 3.70. The first-order valence-corrected chi connectivity index (χ1v) is 12.2. The Bertz CT molecular complexity index is 1440. The molecule has 2 aliphatic heterocycles. The molecule has 2 aromatic carbocycles. The predicted octanol–water partition coefficient (Wildman–Crippen LogP) is 3.82.